The molecular formula is C19H22Cl2N4O. The maximum Gasteiger partial charge on any atom is 0.255 e. The predicted molar refractivity (Wildman–Crippen MR) is 111 cm³/mol. The molecule has 1 aliphatic rings. The maximum atomic E-state index is 12.4. The van der Waals surface area contributed by atoms with Crippen molar-refractivity contribution in [3.8, 4) is 0 Å². The van der Waals surface area contributed by atoms with Gasteiger partial charge in [-0.1, -0.05) is 12.5 Å². The quantitative estimate of drug-likeness (QED) is 0.633. The molecule has 2 heterocycles. The molecular weight excluding hydrogens is 371 g/mol. The van der Waals surface area contributed by atoms with Gasteiger partial charge in [-0.25, -0.2) is 4.98 Å². The zero-order chi connectivity index (χ0) is 16.5. The van der Waals surface area contributed by atoms with E-state index in [-0.39, 0.29) is 30.7 Å². The number of carbonyl (C=O) groups is 1. The summed E-state index contributed by atoms with van der Waals surface area (Å²) in [7, 11) is 0. The highest BCUT2D eigenvalue weighted by molar-refractivity contribution is 6.05. The van der Waals surface area contributed by atoms with Crippen LogP contribution >= 0.6 is 24.8 Å². The third-order valence-electron chi connectivity index (χ3n) is 4.52. The van der Waals surface area contributed by atoms with Crippen molar-refractivity contribution in [3.63, 3.8) is 0 Å². The normalized spacial score (nSPS) is 13.1. The molecule has 7 heteroatoms. The number of nitrogens with zero attached hydrogens (tertiary/aromatic N) is 2. The number of rotatable bonds is 2. The molecule has 3 N–H and O–H groups in total. The van der Waals surface area contributed by atoms with Gasteiger partial charge in [-0.15, -0.1) is 24.8 Å². The van der Waals surface area contributed by atoms with E-state index < -0.39 is 0 Å². The number of fused-ring (bicyclic) bond motifs is 3. The van der Waals surface area contributed by atoms with Gasteiger partial charge in [-0.05, 0) is 49.2 Å². The van der Waals surface area contributed by atoms with Crippen LogP contribution in [0.2, 0.25) is 0 Å². The molecule has 1 aromatic heterocycles. The molecule has 0 fully saturated rings. The van der Waals surface area contributed by atoms with E-state index in [2.05, 4.69) is 9.88 Å². The molecule has 5 nitrogen and oxygen atoms in total. The predicted octanol–water partition coefficient (Wildman–Crippen LogP) is 4.44. The highest BCUT2D eigenvalue weighted by Crippen LogP contribution is 2.24. The highest BCUT2D eigenvalue weighted by atomic mass is 35.5. The van der Waals surface area contributed by atoms with E-state index in [1.165, 1.54) is 19.3 Å². The van der Waals surface area contributed by atoms with Crippen molar-refractivity contribution < 1.29 is 4.79 Å². The summed E-state index contributed by atoms with van der Waals surface area (Å²) >= 11 is 0. The highest BCUT2D eigenvalue weighted by Gasteiger charge is 2.14. The molecule has 0 unspecified atom stereocenters. The Kier molecular flexibility index (Phi) is 6.51. The SMILES string of the molecule is Cl.Cl.Nc1cccc(C(=O)Nc2ccc3c(c2)nc2n3CCCCC2)c1. The molecule has 1 aliphatic heterocycles. The van der Waals surface area contributed by atoms with Crippen LogP contribution in [0.4, 0.5) is 11.4 Å². The lowest BCUT2D eigenvalue weighted by molar-refractivity contribution is 0.102. The number of hydrogen-bond acceptors (Lipinski definition) is 3. The minimum absolute atomic E-state index is 0. The topological polar surface area (TPSA) is 72.9 Å². The largest absolute Gasteiger partial charge is 0.399 e. The number of nitrogens with one attached hydrogen (secondary N) is 1. The van der Waals surface area contributed by atoms with Crippen LogP contribution < -0.4 is 11.1 Å². The number of nitrogen functional groups attached to an aromatic ring is 1. The van der Waals surface area contributed by atoms with Crippen molar-refractivity contribution in [1.82, 2.24) is 9.55 Å². The Balaban J connectivity index is 0.00000121. The Morgan fingerprint density at radius 2 is 1.92 bits per heavy atom. The van der Waals surface area contributed by atoms with Crippen LogP contribution in [0, 0.1) is 0 Å². The Bertz CT molecular complexity index is 923. The monoisotopic (exact) mass is 392 g/mol. The minimum Gasteiger partial charge on any atom is -0.399 e. The van der Waals surface area contributed by atoms with Crippen LogP contribution in [-0.2, 0) is 13.0 Å². The minimum atomic E-state index is -0.164. The van der Waals surface area contributed by atoms with Crippen molar-refractivity contribution in [1.29, 1.82) is 0 Å². The van der Waals surface area contributed by atoms with Gasteiger partial charge in [0.2, 0.25) is 0 Å². The number of aryl methyl sites for hydroxylation is 2. The standard InChI is InChI=1S/C19H20N4O.2ClH/c20-14-6-4-5-13(11-14)19(24)21-15-8-9-17-16(12-15)22-18-7-2-1-3-10-23(17)18;;/h4-6,8-9,11-12H,1-3,7,10,20H2,(H,21,24);2*1H. The summed E-state index contributed by atoms with van der Waals surface area (Å²) in [4.78, 5) is 17.1. The van der Waals surface area contributed by atoms with Crippen LogP contribution in [0.5, 0.6) is 0 Å². The van der Waals surface area contributed by atoms with Gasteiger partial charge < -0.3 is 15.6 Å². The maximum absolute atomic E-state index is 12.4. The van der Waals surface area contributed by atoms with Crippen molar-refractivity contribution in [2.45, 2.75) is 32.2 Å². The number of amides is 1. The van der Waals surface area contributed by atoms with Gasteiger partial charge >= 0.3 is 0 Å². The first-order valence-corrected chi connectivity index (χ1v) is 8.37. The van der Waals surface area contributed by atoms with E-state index in [4.69, 9.17) is 10.7 Å². The molecule has 26 heavy (non-hydrogen) atoms. The number of halogens is 2. The van der Waals surface area contributed by atoms with Gasteiger partial charge in [0, 0.05) is 29.9 Å². The molecule has 4 rings (SSSR count). The first kappa shape index (κ1) is 20.1. The molecule has 0 saturated carbocycles. The number of nitrogens with two attached hydrogens (primary N) is 1. The summed E-state index contributed by atoms with van der Waals surface area (Å²) in [6.45, 7) is 1.03. The molecule has 3 aromatic rings. The van der Waals surface area contributed by atoms with E-state index in [0.29, 0.717) is 11.3 Å². The Morgan fingerprint density at radius 3 is 2.73 bits per heavy atom. The number of anilines is 2. The molecule has 0 spiro atoms. The van der Waals surface area contributed by atoms with Crippen LogP contribution in [-0.4, -0.2) is 15.5 Å². The smallest absolute Gasteiger partial charge is 0.255 e. The van der Waals surface area contributed by atoms with Crippen molar-refractivity contribution in [3.05, 3.63) is 53.9 Å². The van der Waals surface area contributed by atoms with E-state index in [9.17, 15) is 4.79 Å². The van der Waals surface area contributed by atoms with E-state index in [1.54, 1.807) is 24.3 Å². The van der Waals surface area contributed by atoms with Gasteiger partial charge in [0.15, 0.2) is 0 Å². The van der Waals surface area contributed by atoms with Gasteiger partial charge in [-0.3, -0.25) is 4.79 Å². The first-order chi connectivity index (χ1) is 11.7. The van der Waals surface area contributed by atoms with Gasteiger partial charge in [-0.2, -0.15) is 0 Å². The molecule has 0 radical (unpaired) electrons. The Labute approximate surface area is 164 Å². The summed E-state index contributed by atoms with van der Waals surface area (Å²) in [6, 6.07) is 12.9. The molecule has 138 valence electrons. The molecule has 0 aliphatic carbocycles. The van der Waals surface area contributed by atoms with Crippen LogP contribution in [0.3, 0.4) is 0 Å². The average molecular weight is 393 g/mol. The van der Waals surface area contributed by atoms with Crippen molar-refractivity contribution in [2.75, 3.05) is 11.1 Å². The number of imidazole rings is 1. The van der Waals surface area contributed by atoms with Gasteiger partial charge in [0.05, 0.1) is 11.0 Å². The number of carbonyl (C=O) groups excluding carboxylic acids is 1. The van der Waals surface area contributed by atoms with Gasteiger partial charge in [0.1, 0.15) is 5.82 Å². The fraction of sp³-hybridized carbons (Fsp3) is 0.263. The molecule has 0 bridgehead atoms. The van der Waals surface area contributed by atoms with Gasteiger partial charge in [0.25, 0.3) is 5.91 Å². The van der Waals surface area contributed by atoms with E-state index in [1.807, 2.05) is 18.2 Å². The molecule has 0 atom stereocenters. The van der Waals surface area contributed by atoms with Crippen LogP contribution in [0.15, 0.2) is 42.5 Å². The zero-order valence-electron chi connectivity index (χ0n) is 14.3. The third-order valence-corrected chi connectivity index (χ3v) is 4.52. The summed E-state index contributed by atoms with van der Waals surface area (Å²) in [6.07, 6.45) is 4.69. The summed E-state index contributed by atoms with van der Waals surface area (Å²) in [5, 5.41) is 2.93. The van der Waals surface area contributed by atoms with Crippen molar-refractivity contribution in [2.24, 2.45) is 0 Å². The molecule has 2 aromatic carbocycles. The summed E-state index contributed by atoms with van der Waals surface area (Å²) in [5.74, 6) is 0.990. The number of hydrogen-bond donors (Lipinski definition) is 2. The van der Waals surface area contributed by atoms with E-state index >= 15 is 0 Å². The van der Waals surface area contributed by atoms with Crippen molar-refractivity contribution >= 4 is 53.1 Å². The summed E-state index contributed by atoms with van der Waals surface area (Å²) < 4.78 is 2.31. The number of aromatic nitrogens is 2. The fourth-order valence-electron chi connectivity index (χ4n) is 3.31. The Morgan fingerprint density at radius 1 is 1.08 bits per heavy atom. The van der Waals surface area contributed by atoms with Crippen LogP contribution in [0.1, 0.15) is 35.4 Å². The summed E-state index contributed by atoms with van der Waals surface area (Å²) in [5.41, 5.74) is 9.71. The molecule has 1 amide bonds. The lowest BCUT2D eigenvalue weighted by Crippen LogP contribution is -2.12. The number of benzene rings is 2. The average Bonchev–Trinajstić information content (AvgIpc) is 2.75. The van der Waals surface area contributed by atoms with Crippen LogP contribution in [0.25, 0.3) is 11.0 Å². The zero-order valence-corrected chi connectivity index (χ0v) is 15.9. The fourth-order valence-corrected chi connectivity index (χ4v) is 3.31. The lowest BCUT2D eigenvalue weighted by atomic mass is 10.2. The first-order valence-electron chi connectivity index (χ1n) is 8.37. The second-order valence-electron chi connectivity index (χ2n) is 6.27. The third kappa shape index (κ3) is 3.94. The second-order valence-corrected chi connectivity index (χ2v) is 6.27. The molecule has 0 saturated heterocycles. The van der Waals surface area contributed by atoms with E-state index in [0.717, 1.165) is 35.5 Å². The Hall–Kier alpha value is -2.24. The lowest BCUT2D eigenvalue weighted by Gasteiger charge is -2.07. The second kappa shape index (κ2) is 8.43.